The van der Waals surface area contributed by atoms with Gasteiger partial charge in [0.2, 0.25) is 5.91 Å². The molecule has 4 nitrogen and oxygen atoms in total. The molecule has 0 spiro atoms. The number of hydrogen-bond acceptors (Lipinski definition) is 3. The predicted octanol–water partition coefficient (Wildman–Crippen LogP) is 1.86. The first kappa shape index (κ1) is 18.0. The fourth-order valence-corrected chi connectivity index (χ4v) is 2.75. The van der Waals surface area contributed by atoms with Gasteiger partial charge in [-0.15, -0.1) is 12.4 Å². The van der Waals surface area contributed by atoms with Gasteiger partial charge in [-0.3, -0.25) is 4.79 Å². The predicted molar refractivity (Wildman–Crippen MR) is 86.5 cm³/mol. The van der Waals surface area contributed by atoms with Crippen molar-refractivity contribution in [2.45, 2.75) is 25.3 Å². The molecular formula is C16H25ClN2O2. The van der Waals surface area contributed by atoms with E-state index in [1.54, 1.807) is 7.11 Å². The van der Waals surface area contributed by atoms with Crippen LogP contribution in [0.1, 0.15) is 18.4 Å². The second kappa shape index (κ2) is 9.03. The van der Waals surface area contributed by atoms with Gasteiger partial charge in [0, 0.05) is 26.8 Å². The molecule has 0 radical (unpaired) electrons. The molecule has 1 aromatic carbocycles. The van der Waals surface area contributed by atoms with Crippen LogP contribution in [0.5, 0.6) is 0 Å². The molecule has 1 saturated heterocycles. The molecule has 1 amide bonds. The molecule has 2 N–H and O–H groups in total. The van der Waals surface area contributed by atoms with Crippen molar-refractivity contribution in [2.75, 3.05) is 26.8 Å². The number of carbonyl (C=O) groups is 1. The van der Waals surface area contributed by atoms with Crippen molar-refractivity contribution in [3.63, 3.8) is 0 Å². The van der Waals surface area contributed by atoms with Crippen LogP contribution < -0.4 is 5.73 Å². The summed E-state index contributed by atoms with van der Waals surface area (Å²) >= 11 is 0. The van der Waals surface area contributed by atoms with E-state index in [9.17, 15) is 4.79 Å². The summed E-state index contributed by atoms with van der Waals surface area (Å²) in [5, 5.41) is 0. The minimum absolute atomic E-state index is 0. The van der Waals surface area contributed by atoms with Crippen LogP contribution in [-0.4, -0.2) is 43.7 Å². The Labute approximate surface area is 133 Å². The lowest BCUT2D eigenvalue weighted by atomic mass is 9.96. The minimum atomic E-state index is -0.434. The van der Waals surface area contributed by atoms with Crippen molar-refractivity contribution in [3.8, 4) is 0 Å². The maximum Gasteiger partial charge on any atom is 0.239 e. The molecule has 1 atom stereocenters. The number of ether oxygens (including phenoxy) is 1. The van der Waals surface area contributed by atoms with E-state index in [2.05, 4.69) is 0 Å². The van der Waals surface area contributed by atoms with Gasteiger partial charge in [0.05, 0.1) is 6.04 Å². The number of rotatable bonds is 5. The van der Waals surface area contributed by atoms with E-state index >= 15 is 0 Å². The molecule has 0 bridgehead atoms. The van der Waals surface area contributed by atoms with E-state index in [0.29, 0.717) is 12.3 Å². The fraction of sp³-hybridized carbons (Fsp3) is 0.562. The monoisotopic (exact) mass is 312 g/mol. The highest BCUT2D eigenvalue weighted by Crippen LogP contribution is 2.18. The Hall–Kier alpha value is -1.10. The molecule has 0 saturated carbocycles. The molecule has 1 aromatic rings. The molecule has 0 unspecified atom stereocenters. The first-order valence-electron chi connectivity index (χ1n) is 7.28. The largest absolute Gasteiger partial charge is 0.384 e. The van der Waals surface area contributed by atoms with Gasteiger partial charge in [-0.25, -0.2) is 0 Å². The van der Waals surface area contributed by atoms with E-state index in [-0.39, 0.29) is 18.3 Å². The van der Waals surface area contributed by atoms with Crippen LogP contribution in [0.4, 0.5) is 0 Å². The molecule has 0 aromatic heterocycles. The van der Waals surface area contributed by atoms with Crippen LogP contribution in [0.25, 0.3) is 0 Å². The molecule has 118 valence electrons. The lowest BCUT2D eigenvalue weighted by Crippen LogP contribution is -2.48. The molecule has 5 heteroatoms. The molecule has 2 rings (SSSR count). The molecule has 21 heavy (non-hydrogen) atoms. The molecule has 1 aliphatic rings. The van der Waals surface area contributed by atoms with E-state index in [4.69, 9.17) is 10.5 Å². The maximum atomic E-state index is 12.3. The zero-order chi connectivity index (χ0) is 14.4. The van der Waals surface area contributed by atoms with E-state index in [1.165, 1.54) is 0 Å². The summed E-state index contributed by atoms with van der Waals surface area (Å²) in [5.74, 6) is 0.652. The Morgan fingerprint density at radius 3 is 2.52 bits per heavy atom. The van der Waals surface area contributed by atoms with Gasteiger partial charge < -0.3 is 15.4 Å². The number of benzene rings is 1. The van der Waals surface area contributed by atoms with Gasteiger partial charge in [0.1, 0.15) is 0 Å². The highest BCUT2D eigenvalue weighted by atomic mass is 35.5. The minimum Gasteiger partial charge on any atom is -0.384 e. The van der Waals surface area contributed by atoms with E-state index in [0.717, 1.165) is 38.1 Å². The topological polar surface area (TPSA) is 55.6 Å². The summed E-state index contributed by atoms with van der Waals surface area (Å²) in [7, 11) is 1.73. The average Bonchev–Trinajstić information content (AvgIpc) is 2.48. The number of nitrogens with zero attached hydrogens (tertiary/aromatic N) is 1. The van der Waals surface area contributed by atoms with Crippen molar-refractivity contribution < 1.29 is 9.53 Å². The molecule has 1 fully saturated rings. The number of likely N-dealkylation sites (tertiary alicyclic amines) is 1. The molecule has 0 aliphatic carbocycles. The average molecular weight is 313 g/mol. The maximum absolute atomic E-state index is 12.3. The Balaban J connectivity index is 0.00000220. The molecule has 1 aliphatic heterocycles. The lowest BCUT2D eigenvalue weighted by molar-refractivity contribution is -0.134. The third-order valence-corrected chi connectivity index (χ3v) is 3.94. The summed E-state index contributed by atoms with van der Waals surface area (Å²) in [6.45, 7) is 2.39. The van der Waals surface area contributed by atoms with Crippen molar-refractivity contribution in [3.05, 3.63) is 35.9 Å². The molecular weight excluding hydrogens is 288 g/mol. The number of hydrogen-bond donors (Lipinski definition) is 1. The number of piperidine rings is 1. The smallest absolute Gasteiger partial charge is 0.239 e. The fourth-order valence-electron chi connectivity index (χ4n) is 2.75. The Morgan fingerprint density at radius 1 is 1.33 bits per heavy atom. The van der Waals surface area contributed by atoms with Gasteiger partial charge in [0.15, 0.2) is 0 Å². The zero-order valence-corrected chi connectivity index (χ0v) is 13.3. The first-order valence-corrected chi connectivity index (χ1v) is 7.28. The van der Waals surface area contributed by atoms with Crippen molar-refractivity contribution >= 4 is 18.3 Å². The van der Waals surface area contributed by atoms with E-state index in [1.807, 2.05) is 35.2 Å². The Bertz CT molecular complexity index is 420. The number of carbonyl (C=O) groups excluding carboxylic acids is 1. The highest BCUT2D eigenvalue weighted by molar-refractivity contribution is 5.85. The second-order valence-corrected chi connectivity index (χ2v) is 5.52. The van der Waals surface area contributed by atoms with Gasteiger partial charge in [-0.05, 0) is 30.7 Å². The number of halogens is 1. The van der Waals surface area contributed by atoms with Gasteiger partial charge in [0.25, 0.3) is 0 Å². The van der Waals surface area contributed by atoms with Crippen molar-refractivity contribution in [1.29, 1.82) is 0 Å². The van der Waals surface area contributed by atoms with Crippen molar-refractivity contribution in [2.24, 2.45) is 11.7 Å². The Morgan fingerprint density at radius 2 is 1.95 bits per heavy atom. The quantitative estimate of drug-likeness (QED) is 0.903. The van der Waals surface area contributed by atoms with Gasteiger partial charge >= 0.3 is 0 Å². The second-order valence-electron chi connectivity index (χ2n) is 5.52. The SMILES string of the molecule is COCC1CCN(C(=O)[C@@H](N)Cc2ccccc2)CC1.Cl. The van der Waals surface area contributed by atoms with Crippen LogP contribution in [0.3, 0.4) is 0 Å². The first-order chi connectivity index (χ1) is 9.70. The third kappa shape index (κ3) is 5.30. The van der Waals surface area contributed by atoms with Crippen LogP contribution in [-0.2, 0) is 16.0 Å². The number of methoxy groups -OCH3 is 1. The van der Waals surface area contributed by atoms with E-state index < -0.39 is 6.04 Å². The Kier molecular flexibility index (Phi) is 7.72. The highest BCUT2D eigenvalue weighted by Gasteiger charge is 2.26. The van der Waals surface area contributed by atoms with Crippen LogP contribution in [0.15, 0.2) is 30.3 Å². The standard InChI is InChI=1S/C16H24N2O2.ClH/c1-20-12-14-7-9-18(10-8-14)16(19)15(17)11-13-5-3-2-4-6-13;/h2-6,14-15H,7-12,17H2,1H3;1H/t15-;/m0./s1. The lowest BCUT2D eigenvalue weighted by Gasteiger charge is -2.33. The molecule has 1 heterocycles. The summed E-state index contributed by atoms with van der Waals surface area (Å²) in [4.78, 5) is 14.2. The van der Waals surface area contributed by atoms with Gasteiger partial charge in [-0.1, -0.05) is 30.3 Å². The summed E-state index contributed by atoms with van der Waals surface area (Å²) in [5.41, 5.74) is 7.17. The van der Waals surface area contributed by atoms with Crippen molar-refractivity contribution in [1.82, 2.24) is 4.90 Å². The third-order valence-electron chi connectivity index (χ3n) is 3.94. The van der Waals surface area contributed by atoms with Crippen LogP contribution in [0, 0.1) is 5.92 Å². The number of amides is 1. The van der Waals surface area contributed by atoms with Crippen LogP contribution in [0.2, 0.25) is 0 Å². The zero-order valence-electron chi connectivity index (χ0n) is 12.5. The normalized spacial score (nSPS) is 17.1. The van der Waals surface area contributed by atoms with Crippen LogP contribution >= 0.6 is 12.4 Å². The summed E-state index contributed by atoms with van der Waals surface area (Å²) in [6.07, 6.45) is 2.63. The summed E-state index contributed by atoms with van der Waals surface area (Å²) < 4.78 is 5.18. The summed E-state index contributed by atoms with van der Waals surface area (Å²) in [6, 6.07) is 9.51. The van der Waals surface area contributed by atoms with Gasteiger partial charge in [-0.2, -0.15) is 0 Å². The number of nitrogens with two attached hydrogens (primary N) is 1.